The highest BCUT2D eigenvalue weighted by Gasteiger charge is 2.17. The van der Waals surface area contributed by atoms with Crippen molar-refractivity contribution >= 4 is 18.0 Å². The van der Waals surface area contributed by atoms with E-state index in [0.717, 1.165) is 6.07 Å². The van der Waals surface area contributed by atoms with Crippen LogP contribution in [-0.2, 0) is 9.53 Å². The zero-order valence-corrected chi connectivity index (χ0v) is 15.6. The SMILES string of the molecule is COc1cc(/C=C(\C#N)C(=O)OC(C)C)ccc1OC(=O)c1ccccc1F. The van der Waals surface area contributed by atoms with Crippen LogP contribution in [0.3, 0.4) is 0 Å². The molecule has 28 heavy (non-hydrogen) atoms. The van der Waals surface area contributed by atoms with E-state index in [0.29, 0.717) is 5.56 Å². The van der Waals surface area contributed by atoms with Crippen LogP contribution in [0, 0.1) is 17.1 Å². The van der Waals surface area contributed by atoms with Crippen molar-refractivity contribution in [3.05, 3.63) is 65.0 Å². The summed E-state index contributed by atoms with van der Waals surface area (Å²) in [7, 11) is 1.36. The highest BCUT2D eigenvalue weighted by molar-refractivity contribution is 5.98. The second kappa shape index (κ2) is 9.33. The minimum Gasteiger partial charge on any atom is -0.493 e. The Morgan fingerprint density at radius 3 is 2.46 bits per heavy atom. The third-order valence-corrected chi connectivity index (χ3v) is 3.48. The van der Waals surface area contributed by atoms with Crippen molar-refractivity contribution in [3.63, 3.8) is 0 Å². The molecule has 6 nitrogen and oxygen atoms in total. The van der Waals surface area contributed by atoms with Gasteiger partial charge in [-0.2, -0.15) is 5.26 Å². The number of halogens is 1. The molecule has 2 aromatic carbocycles. The molecule has 0 aliphatic heterocycles. The lowest BCUT2D eigenvalue weighted by atomic mass is 10.1. The third-order valence-electron chi connectivity index (χ3n) is 3.48. The largest absolute Gasteiger partial charge is 0.493 e. The highest BCUT2D eigenvalue weighted by atomic mass is 19.1. The molecule has 7 heteroatoms. The van der Waals surface area contributed by atoms with Crippen LogP contribution >= 0.6 is 0 Å². The average Bonchev–Trinajstić information content (AvgIpc) is 2.66. The normalized spacial score (nSPS) is 10.9. The molecule has 0 radical (unpaired) electrons. The molecule has 144 valence electrons. The van der Waals surface area contributed by atoms with Crippen molar-refractivity contribution < 1.29 is 28.2 Å². The number of esters is 2. The lowest BCUT2D eigenvalue weighted by Crippen LogP contribution is -2.12. The molecule has 0 amide bonds. The van der Waals surface area contributed by atoms with Gasteiger partial charge < -0.3 is 14.2 Å². The van der Waals surface area contributed by atoms with Crippen LogP contribution in [0.15, 0.2) is 48.0 Å². The fourth-order valence-electron chi connectivity index (χ4n) is 2.22. The van der Waals surface area contributed by atoms with Crippen molar-refractivity contribution in [2.24, 2.45) is 0 Å². The van der Waals surface area contributed by atoms with Crippen LogP contribution in [0.25, 0.3) is 6.08 Å². The van der Waals surface area contributed by atoms with Gasteiger partial charge in [-0.15, -0.1) is 0 Å². The number of carbonyl (C=O) groups is 2. The number of rotatable bonds is 6. The van der Waals surface area contributed by atoms with Crippen molar-refractivity contribution in [2.45, 2.75) is 20.0 Å². The predicted octanol–water partition coefficient (Wildman–Crippen LogP) is 3.91. The number of methoxy groups -OCH3 is 1. The first-order valence-corrected chi connectivity index (χ1v) is 8.33. The monoisotopic (exact) mass is 383 g/mol. The molecule has 0 atom stereocenters. The topological polar surface area (TPSA) is 85.6 Å². The second-order valence-corrected chi connectivity index (χ2v) is 5.90. The Morgan fingerprint density at radius 2 is 1.86 bits per heavy atom. The van der Waals surface area contributed by atoms with Gasteiger partial charge in [-0.3, -0.25) is 0 Å². The van der Waals surface area contributed by atoms with Gasteiger partial charge in [0.25, 0.3) is 0 Å². The van der Waals surface area contributed by atoms with E-state index in [1.807, 2.05) is 0 Å². The molecule has 0 aromatic heterocycles. The van der Waals surface area contributed by atoms with Crippen LogP contribution in [0.5, 0.6) is 11.5 Å². The molecule has 0 heterocycles. The number of benzene rings is 2. The Labute approximate surface area is 161 Å². The summed E-state index contributed by atoms with van der Waals surface area (Å²) >= 11 is 0. The Kier molecular flexibility index (Phi) is 6.88. The molecule has 0 unspecified atom stereocenters. The molecular formula is C21H18FNO5. The van der Waals surface area contributed by atoms with E-state index in [2.05, 4.69) is 0 Å². The van der Waals surface area contributed by atoms with Gasteiger partial charge >= 0.3 is 11.9 Å². The summed E-state index contributed by atoms with van der Waals surface area (Å²) in [5, 5.41) is 9.17. The fraction of sp³-hybridized carbons (Fsp3) is 0.190. The van der Waals surface area contributed by atoms with Gasteiger partial charge in [0.05, 0.1) is 18.8 Å². The summed E-state index contributed by atoms with van der Waals surface area (Å²) in [5.41, 5.74) is 0.0587. The lowest BCUT2D eigenvalue weighted by molar-refractivity contribution is -0.142. The maximum Gasteiger partial charge on any atom is 0.349 e. The van der Waals surface area contributed by atoms with Gasteiger partial charge in [-0.1, -0.05) is 18.2 Å². The van der Waals surface area contributed by atoms with Crippen LogP contribution in [-0.4, -0.2) is 25.2 Å². The summed E-state index contributed by atoms with van der Waals surface area (Å²) in [6, 6.07) is 11.6. The smallest absolute Gasteiger partial charge is 0.349 e. The summed E-state index contributed by atoms with van der Waals surface area (Å²) in [4.78, 5) is 24.1. The fourth-order valence-corrected chi connectivity index (χ4v) is 2.22. The molecular weight excluding hydrogens is 365 g/mol. The predicted molar refractivity (Wildman–Crippen MR) is 99.2 cm³/mol. The standard InChI is InChI=1S/C21H18FNO5/c1-13(2)27-20(24)15(12-23)10-14-8-9-18(19(11-14)26-3)28-21(25)16-6-4-5-7-17(16)22/h4-11,13H,1-3H3/b15-10+. The molecule has 2 aromatic rings. The molecule has 0 aliphatic rings. The number of nitriles is 1. The number of hydrogen-bond donors (Lipinski definition) is 0. The van der Waals surface area contributed by atoms with E-state index in [-0.39, 0.29) is 28.7 Å². The molecule has 0 saturated heterocycles. The van der Waals surface area contributed by atoms with Crippen LogP contribution < -0.4 is 9.47 Å². The van der Waals surface area contributed by atoms with E-state index < -0.39 is 17.8 Å². The summed E-state index contributed by atoms with van der Waals surface area (Å²) in [6.45, 7) is 3.35. The first-order valence-electron chi connectivity index (χ1n) is 8.33. The van der Waals surface area contributed by atoms with Crippen LogP contribution in [0.1, 0.15) is 29.8 Å². The number of hydrogen-bond acceptors (Lipinski definition) is 6. The number of ether oxygens (including phenoxy) is 3. The highest BCUT2D eigenvalue weighted by Crippen LogP contribution is 2.30. The van der Waals surface area contributed by atoms with E-state index in [1.54, 1.807) is 19.9 Å². The molecule has 0 N–H and O–H groups in total. The summed E-state index contributed by atoms with van der Waals surface area (Å²) in [5.74, 6) is -2.08. The Hall–Kier alpha value is -3.66. The van der Waals surface area contributed by atoms with Crippen molar-refractivity contribution in [1.29, 1.82) is 5.26 Å². The van der Waals surface area contributed by atoms with Gasteiger partial charge in [0, 0.05) is 0 Å². The zero-order valence-electron chi connectivity index (χ0n) is 15.6. The van der Waals surface area contributed by atoms with Gasteiger partial charge in [0.15, 0.2) is 11.5 Å². The van der Waals surface area contributed by atoms with Gasteiger partial charge in [0.2, 0.25) is 0 Å². The average molecular weight is 383 g/mol. The summed E-state index contributed by atoms with van der Waals surface area (Å²) in [6.07, 6.45) is 0.967. The van der Waals surface area contributed by atoms with E-state index in [4.69, 9.17) is 19.5 Å². The van der Waals surface area contributed by atoms with Crippen molar-refractivity contribution in [2.75, 3.05) is 7.11 Å². The minimum atomic E-state index is -0.877. The maximum atomic E-state index is 13.7. The Morgan fingerprint density at radius 1 is 1.14 bits per heavy atom. The van der Waals surface area contributed by atoms with Gasteiger partial charge in [-0.05, 0) is 49.8 Å². The first-order chi connectivity index (χ1) is 13.3. The zero-order chi connectivity index (χ0) is 20.7. The molecule has 2 rings (SSSR count). The molecule has 0 aliphatic carbocycles. The molecule has 0 spiro atoms. The third kappa shape index (κ3) is 5.17. The van der Waals surface area contributed by atoms with E-state index >= 15 is 0 Å². The van der Waals surface area contributed by atoms with E-state index in [1.165, 1.54) is 49.6 Å². The number of nitrogens with zero attached hydrogens (tertiary/aromatic N) is 1. The van der Waals surface area contributed by atoms with Crippen LogP contribution in [0.2, 0.25) is 0 Å². The quantitative estimate of drug-likeness (QED) is 0.325. The Balaban J connectivity index is 2.28. The molecule has 0 bridgehead atoms. The molecule has 0 saturated carbocycles. The number of carbonyl (C=O) groups excluding carboxylic acids is 2. The Bertz CT molecular complexity index is 960. The molecule has 0 fully saturated rings. The van der Waals surface area contributed by atoms with Crippen molar-refractivity contribution in [1.82, 2.24) is 0 Å². The maximum absolute atomic E-state index is 13.7. The minimum absolute atomic E-state index is 0.0659. The van der Waals surface area contributed by atoms with Crippen LogP contribution in [0.4, 0.5) is 4.39 Å². The van der Waals surface area contributed by atoms with Crippen molar-refractivity contribution in [3.8, 4) is 17.6 Å². The summed E-state index contributed by atoms with van der Waals surface area (Å²) < 4.78 is 29.1. The lowest BCUT2D eigenvalue weighted by Gasteiger charge is -2.11. The second-order valence-electron chi connectivity index (χ2n) is 5.90. The first kappa shape index (κ1) is 20.6. The van der Waals surface area contributed by atoms with Gasteiger partial charge in [-0.25, -0.2) is 14.0 Å². The van der Waals surface area contributed by atoms with E-state index in [9.17, 15) is 14.0 Å². The van der Waals surface area contributed by atoms with Gasteiger partial charge in [0.1, 0.15) is 17.5 Å².